The lowest BCUT2D eigenvalue weighted by atomic mass is 9.98. The van der Waals surface area contributed by atoms with Crippen molar-refractivity contribution in [1.82, 2.24) is 15.5 Å². The minimum absolute atomic E-state index is 0.251. The summed E-state index contributed by atoms with van der Waals surface area (Å²) in [5.74, 6) is -0.629. The molecule has 2 rings (SSSR count). The van der Waals surface area contributed by atoms with Crippen molar-refractivity contribution >= 4 is 17.9 Å². The van der Waals surface area contributed by atoms with E-state index in [1.165, 1.54) is 0 Å². The molecule has 196 valence electrons. The van der Waals surface area contributed by atoms with Crippen molar-refractivity contribution in [3.8, 4) is 0 Å². The van der Waals surface area contributed by atoms with E-state index < -0.39 is 23.8 Å². The summed E-state index contributed by atoms with van der Waals surface area (Å²) in [5.41, 5.74) is 2.14. The van der Waals surface area contributed by atoms with Crippen molar-refractivity contribution < 1.29 is 19.1 Å². The number of nitrogens with one attached hydrogen (secondary N) is 2. The highest BCUT2D eigenvalue weighted by molar-refractivity contribution is 5.92. The fourth-order valence-corrected chi connectivity index (χ4v) is 3.82. The van der Waals surface area contributed by atoms with E-state index in [2.05, 4.69) is 17.6 Å². The lowest BCUT2D eigenvalue weighted by Gasteiger charge is -2.37. The molecule has 7 nitrogen and oxygen atoms in total. The molecule has 0 saturated heterocycles. The van der Waals surface area contributed by atoms with Crippen molar-refractivity contribution in [2.75, 3.05) is 0 Å². The van der Waals surface area contributed by atoms with Gasteiger partial charge in [-0.05, 0) is 64.2 Å². The van der Waals surface area contributed by atoms with Crippen LogP contribution in [0.1, 0.15) is 77.6 Å². The van der Waals surface area contributed by atoms with Crippen LogP contribution in [0.25, 0.3) is 0 Å². The molecule has 7 heteroatoms. The van der Waals surface area contributed by atoms with E-state index in [0.29, 0.717) is 13.0 Å². The molecule has 2 N–H and O–H groups in total. The van der Waals surface area contributed by atoms with Crippen molar-refractivity contribution in [2.45, 2.75) is 91.6 Å². The Labute approximate surface area is 215 Å². The molecule has 0 bridgehead atoms. The van der Waals surface area contributed by atoms with Crippen LogP contribution in [0.2, 0.25) is 0 Å². The topological polar surface area (TPSA) is 87.7 Å². The predicted molar refractivity (Wildman–Crippen MR) is 142 cm³/mol. The summed E-state index contributed by atoms with van der Waals surface area (Å²) in [7, 11) is 0. The summed E-state index contributed by atoms with van der Waals surface area (Å²) in [5, 5.41) is 5.64. The van der Waals surface area contributed by atoms with Crippen molar-refractivity contribution in [1.29, 1.82) is 0 Å². The molecule has 0 saturated carbocycles. The first-order valence-electron chi connectivity index (χ1n) is 12.7. The van der Waals surface area contributed by atoms with Gasteiger partial charge in [0, 0.05) is 12.6 Å². The summed E-state index contributed by atoms with van der Waals surface area (Å²) in [6, 6.07) is 15.4. The number of hydrogen-bond donors (Lipinski definition) is 2. The Bertz CT molecular complexity index is 999. The SMILES string of the molecule is CCc1ccc(C(C(=O)NCc2ccccc2)N(C(=O)C(C)NC(=O)OC(C)(C)C)C(C)CC)cc1. The van der Waals surface area contributed by atoms with Gasteiger partial charge in [0.25, 0.3) is 0 Å². The van der Waals surface area contributed by atoms with E-state index in [9.17, 15) is 14.4 Å². The minimum Gasteiger partial charge on any atom is -0.444 e. The number of carbonyl (C=O) groups is 3. The van der Waals surface area contributed by atoms with E-state index in [0.717, 1.165) is 23.1 Å². The minimum atomic E-state index is -0.881. The lowest BCUT2D eigenvalue weighted by molar-refractivity contribution is -0.144. The van der Waals surface area contributed by atoms with Gasteiger partial charge in [0.1, 0.15) is 17.7 Å². The zero-order valence-electron chi connectivity index (χ0n) is 22.6. The molecule has 2 aromatic rings. The highest BCUT2D eigenvalue weighted by atomic mass is 16.6. The van der Waals surface area contributed by atoms with Crippen LogP contribution >= 0.6 is 0 Å². The molecule has 36 heavy (non-hydrogen) atoms. The van der Waals surface area contributed by atoms with Crippen LogP contribution in [0, 0.1) is 0 Å². The monoisotopic (exact) mass is 495 g/mol. The second kappa shape index (κ2) is 13.1. The number of aryl methyl sites for hydroxylation is 1. The van der Waals surface area contributed by atoms with Gasteiger partial charge >= 0.3 is 6.09 Å². The van der Waals surface area contributed by atoms with E-state index >= 15 is 0 Å². The number of amides is 3. The summed E-state index contributed by atoms with van der Waals surface area (Å²) in [6.45, 7) is 13.2. The van der Waals surface area contributed by atoms with Gasteiger partial charge in [-0.1, -0.05) is 68.4 Å². The number of nitrogens with zero attached hydrogens (tertiary/aromatic N) is 1. The molecule has 2 aromatic carbocycles. The van der Waals surface area contributed by atoms with Crippen LogP contribution in [0.5, 0.6) is 0 Å². The van der Waals surface area contributed by atoms with Gasteiger partial charge < -0.3 is 20.3 Å². The molecule has 0 aromatic heterocycles. The molecule has 0 fully saturated rings. The summed E-state index contributed by atoms with van der Waals surface area (Å²) < 4.78 is 5.33. The molecule has 3 unspecified atom stereocenters. The number of benzene rings is 2. The Kier molecular flexibility index (Phi) is 10.5. The molecule has 0 aliphatic heterocycles. The lowest BCUT2D eigenvalue weighted by Crippen LogP contribution is -2.54. The van der Waals surface area contributed by atoms with E-state index in [4.69, 9.17) is 4.74 Å². The van der Waals surface area contributed by atoms with Crippen LogP contribution in [0.4, 0.5) is 4.79 Å². The second-order valence-corrected chi connectivity index (χ2v) is 10.1. The maximum atomic E-state index is 13.7. The molecule has 0 aliphatic rings. The Morgan fingerprint density at radius 2 is 1.53 bits per heavy atom. The maximum Gasteiger partial charge on any atom is 0.408 e. The van der Waals surface area contributed by atoms with Gasteiger partial charge in [-0.25, -0.2) is 4.79 Å². The van der Waals surface area contributed by atoms with Crippen LogP contribution in [-0.4, -0.2) is 40.5 Å². The third-order valence-corrected chi connectivity index (χ3v) is 5.96. The Balaban J connectivity index is 2.39. The molecule has 0 spiro atoms. The van der Waals surface area contributed by atoms with Crippen LogP contribution in [-0.2, 0) is 27.3 Å². The number of alkyl carbamates (subject to hydrolysis) is 1. The third kappa shape index (κ3) is 8.40. The molecule has 3 amide bonds. The number of hydrogen-bond acceptors (Lipinski definition) is 4. The quantitative estimate of drug-likeness (QED) is 0.477. The summed E-state index contributed by atoms with van der Waals surface area (Å²) in [6.07, 6.45) is 0.834. The van der Waals surface area contributed by atoms with Gasteiger partial charge in [0.05, 0.1) is 0 Å². The Morgan fingerprint density at radius 3 is 2.06 bits per heavy atom. The summed E-state index contributed by atoms with van der Waals surface area (Å²) in [4.78, 5) is 41.3. The zero-order valence-corrected chi connectivity index (χ0v) is 22.6. The fraction of sp³-hybridized carbons (Fsp3) is 0.483. The first kappa shape index (κ1) is 28.9. The smallest absolute Gasteiger partial charge is 0.408 e. The second-order valence-electron chi connectivity index (χ2n) is 10.1. The van der Waals surface area contributed by atoms with Gasteiger partial charge in [0.15, 0.2) is 0 Å². The zero-order chi connectivity index (χ0) is 26.9. The molecule has 0 aliphatic carbocycles. The average Bonchev–Trinajstić information content (AvgIpc) is 2.84. The van der Waals surface area contributed by atoms with Crippen LogP contribution in [0.15, 0.2) is 54.6 Å². The van der Waals surface area contributed by atoms with E-state index in [1.807, 2.05) is 68.4 Å². The largest absolute Gasteiger partial charge is 0.444 e. The highest BCUT2D eigenvalue weighted by Gasteiger charge is 2.37. The van der Waals surface area contributed by atoms with Crippen molar-refractivity contribution in [3.05, 3.63) is 71.3 Å². The van der Waals surface area contributed by atoms with Crippen molar-refractivity contribution in [3.63, 3.8) is 0 Å². The highest BCUT2D eigenvalue weighted by Crippen LogP contribution is 2.27. The molecular formula is C29H41N3O4. The number of ether oxygens (including phenoxy) is 1. The molecule has 0 radical (unpaired) electrons. The van der Waals surface area contributed by atoms with E-state index in [-0.39, 0.29) is 17.9 Å². The maximum absolute atomic E-state index is 13.7. The van der Waals surface area contributed by atoms with E-state index in [1.54, 1.807) is 32.6 Å². The van der Waals surface area contributed by atoms with Crippen LogP contribution < -0.4 is 10.6 Å². The van der Waals surface area contributed by atoms with Gasteiger partial charge in [0.2, 0.25) is 11.8 Å². The number of carbonyl (C=O) groups excluding carboxylic acids is 3. The third-order valence-electron chi connectivity index (χ3n) is 5.96. The molecular weight excluding hydrogens is 454 g/mol. The summed E-state index contributed by atoms with van der Waals surface area (Å²) >= 11 is 0. The Morgan fingerprint density at radius 1 is 0.917 bits per heavy atom. The first-order valence-corrected chi connectivity index (χ1v) is 12.7. The molecule has 0 heterocycles. The van der Waals surface area contributed by atoms with Gasteiger partial charge in [-0.15, -0.1) is 0 Å². The molecule has 3 atom stereocenters. The van der Waals surface area contributed by atoms with Crippen LogP contribution in [0.3, 0.4) is 0 Å². The average molecular weight is 496 g/mol. The van der Waals surface area contributed by atoms with Gasteiger partial charge in [-0.2, -0.15) is 0 Å². The standard InChI is InChI=1S/C29H41N3O4/c1-8-20(3)32(27(34)21(4)31-28(35)36-29(5,6)7)25(24-17-15-22(9-2)16-18-24)26(33)30-19-23-13-11-10-12-14-23/h10-18,20-21,25H,8-9,19H2,1-7H3,(H,30,33)(H,31,35). The fourth-order valence-electron chi connectivity index (χ4n) is 3.82. The Hall–Kier alpha value is -3.35. The number of rotatable bonds is 10. The van der Waals surface area contributed by atoms with Gasteiger partial charge in [-0.3, -0.25) is 9.59 Å². The predicted octanol–water partition coefficient (Wildman–Crippen LogP) is 5.15. The first-order chi connectivity index (χ1) is 17.0. The van der Waals surface area contributed by atoms with Crippen molar-refractivity contribution in [2.24, 2.45) is 0 Å². The normalized spacial score (nSPS) is 13.8.